The summed E-state index contributed by atoms with van der Waals surface area (Å²) >= 11 is 6.18. The normalized spacial score (nSPS) is 14.1. The highest BCUT2D eigenvalue weighted by molar-refractivity contribution is 6.31. The third-order valence-corrected chi connectivity index (χ3v) is 3.61. The van der Waals surface area contributed by atoms with Crippen LogP contribution in [0.1, 0.15) is 52.3 Å². The van der Waals surface area contributed by atoms with Gasteiger partial charge in [-0.2, -0.15) is 5.10 Å². The van der Waals surface area contributed by atoms with Gasteiger partial charge in [0.15, 0.2) is 0 Å². The standard InChI is InChI=1S/C12H22ClN3/c1-5-7-16-10(9(13)8-15-16)11(14)12(3,4)6-2/h8,11H,5-7,14H2,1-4H3. The second-order valence-electron chi connectivity index (χ2n) is 4.92. The first-order valence-corrected chi connectivity index (χ1v) is 6.28. The van der Waals surface area contributed by atoms with Gasteiger partial charge in [0.25, 0.3) is 0 Å². The highest BCUT2D eigenvalue weighted by atomic mass is 35.5. The monoisotopic (exact) mass is 243 g/mol. The van der Waals surface area contributed by atoms with Crippen molar-refractivity contribution in [3.8, 4) is 0 Å². The third-order valence-electron chi connectivity index (χ3n) is 3.32. The molecule has 1 atom stereocenters. The predicted octanol–water partition coefficient (Wildman–Crippen LogP) is 3.38. The molecule has 1 aromatic rings. The van der Waals surface area contributed by atoms with E-state index in [-0.39, 0.29) is 11.5 Å². The first-order chi connectivity index (χ1) is 7.44. The zero-order valence-electron chi connectivity index (χ0n) is 10.6. The topological polar surface area (TPSA) is 43.8 Å². The molecule has 1 unspecified atom stereocenters. The molecule has 0 radical (unpaired) electrons. The van der Waals surface area contributed by atoms with Crippen molar-refractivity contribution in [2.45, 2.75) is 53.1 Å². The molecule has 0 fully saturated rings. The van der Waals surface area contributed by atoms with E-state index in [0.717, 1.165) is 25.1 Å². The maximum atomic E-state index is 6.31. The molecule has 16 heavy (non-hydrogen) atoms. The summed E-state index contributed by atoms with van der Waals surface area (Å²) in [5.74, 6) is 0. The molecule has 0 saturated heterocycles. The van der Waals surface area contributed by atoms with Gasteiger partial charge in [0.05, 0.1) is 23.0 Å². The van der Waals surface area contributed by atoms with E-state index in [1.54, 1.807) is 6.20 Å². The van der Waals surface area contributed by atoms with Crippen molar-refractivity contribution < 1.29 is 0 Å². The lowest BCUT2D eigenvalue weighted by Crippen LogP contribution is -2.31. The largest absolute Gasteiger partial charge is 0.322 e. The minimum absolute atomic E-state index is 0.0369. The minimum atomic E-state index is -0.0703. The smallest absolute Gasteiger partial charge is 0.0834 e. The van der Waals surface area contributed by atoms with Gasteiger partial charge in [0, 0.05) is 6.54 Å². The maximum absolute atomic E-state index is 6.31. The van der Waals surface area contributed by atoms with E-state index >= 15 is 0 Å². The number of nitrogens with zero attached hydrogens (tertiary/aromatic N) is 2. The molecule has 0 aliphatic carbocycles. The SMILES string of the molecule is CCCn1ncc(Cl)c1C(N)C(C)(C)CC. The Balaban J connectivity index is 3.06. The molecule has 2 N–H and O–H groups in total. The average Bonchev–Trinajstić information content (AvgIpc) is 2.59. The Morgan fingerprint density at radius 3 is 2.62 bits per heavy atom. The highest BCUT2D eigenvalue weighted by Crippen LogP contribution is 2.37. The van der Waals surface area contributed by atoms with Crippen molar-refractivity contribution in [3.05, 3.63) is 16.9 Å². The Bertz CT molecular complexity index is 344. The fraction of sp³-hybridized carbons (Fsp3) is 0.750. The predicted molar refractivity (Wildman–Crippen MR) is 68.5 cm³/mol. The number of nitrogens with two attached hydrogens (primary N) is 1. The van der Waals surface area contributed by atoms with Gasteiger partial charge in [-0.05, 0) is 18.3 Å². The quantitative estimate of drug-likeness (QED) is 0.862. The van der Waals surface area contributed by atoms with E-state index in [1.807, 2.05) is 4.68 Å². The summed E-state index contributed by atoms with van der Waals surface area (Å²) in [6.45, 7) is 9.47. The molecule has 1 aromatic heterocycles. The third kappa shape index (κ3) is 2.58. The van der Waals surface area contributed by atoms with E-state index in [0.29, 0.717) is 5.02 Å². The van der Waals surface area contributed by atoms with Gasteiger partial charge in [-0.3, -0.25) is 4.68 Å². The molecule has 0 aliphatic heterocycles. The van der Waals surface area contributed by atoms with Crippen LogP contribution in [0.5, 0.6) is 0 Å². The second kappa shape index (κ2) is 5.19. The Morgan fingerprint density at radius 2 is 2.12 bits per heavy atom. The fourth-order valence-corrected chi connectivity index (χ4v) is 1.92. The van der Waals surface area contributed by atoms with Gasteiger partial charge in [0.1, 0.15) is 0 Å². The Morgan fingerprint density at radius 1 is 1.50 bits per heavy atom. The summed E-state index contributed by atoms with van der Waals surface area (Å²) in [6, 6.07) is -0.0703. The highest BCUT2D eigenvalue weighted by Gasteiger charge is 2.30. The molecule has 0 aliphatic rings. The van der Waals surface area contributed by atoms with Crippen LogP contribution in [0.4, 0.5) is 0 Å². The lowest BCUT2D eigenvalue weighted by atomic mass is 9.81. The number of aromatic nitrogens is 2. The lowest BCUT2D eigenvalue weighted by Gasteiger charge is -2.31. The Hall–Kier alpha value is -0.540. The number of halogens is 1. The molecule has 3 nitrogen and oxygen atoms in total. The van der Waals surface area contributed by atoms with E-state index in [4.69, 9.17) is 17.3 Å². The molecule has 0 aromatic carbocycles. The van der Waals surface area contributed by atoms with Gasteiger partial charge in [-0.1, -0.05) is 39.3 Å². The van der Waals surface area contributed by atoms with Crippen molar-refractivity contribution in [2.75, 3.05) is 0 Å². The Labute approximate surface area is 103 Å². The van der Waals surface area contributed by atoms with Crippen molar-refractivity contribution in [1.82, 2.24) is 9.78 Å². The molecule has 0 spiro atoms. The molecular weight excluding hydrogens is 222 g/mol. The van der Waals surface area contributed by atoms with Crippen molar-refractivity contribution in [3.63, 3.8) is 0 Å². The molecular formula is C12H22ClN3. The minimum Gasteiger partial charge on any atom is -0.322 e. The van der Waals surface area contributed by atoms with Crippen molar-refractivity contribution >= 4 is 11.6 Å². The molecule has 0 saturated carbocycles. The summed E-state index contributed by atoms with van der Waals surface area (Å²) in [7, 11) is 0. The van der Waals surface area contributed by atoms with Crippen LogP contribution in [0.3, 0.4) is 0 Å². The zero-order valence-corrected chi connectivity index (χ0v) is 11.4. The molecule has 92 valence electrons. The number of hydrogen-bond acceptors (Lipinski definition) is 2. The molecule has 1 heterocycles. The van der Waals surface area contributed by atoms with Gasteiger partial charge in [0.2, 0.25) is 0 Å². The van der Waals surface area contributed by atoms with Crippen LogP contribution in [0.15, 0.2) is 6.20 Å². The first kappa shape index (κ1) is 13.5. The van der Waals surface area contributed by atoms with E-state index in [9.17, 15) is 0 Å². The number of rotatable bonds is 5. The first-order valence-electron chi connectivity index (χ1n) is 5.90. The van der Waals surface area contributed by atoms with Crippen LogP contribution in [-0.4, -0.2) is 9.78 Å². The summed E-state index contributed by atoms with van der Waals surface area (Å²) in [6.07, 6.45) is 3.74. The summed E-state index contributed by atoms with van der Waals surface area (Å²) in [5.41, 5.74) is 7.32. The fourth-order valence-electron chi connectivity index (χ4n) is 1.66. The van der Waals surface area contributed by atoms with Gasteiger partial charge >= 0.3 is 0 Å². The van der Waals surface area contributed by atoms with Crippen LogP contribution in [0.25, 0.3) is 0 Å². The van der Waals surface area contributed by atoms with Crippen LogP contribution in [0.2, 0.25) is 5.02 Å². The molecule has 0 amide bonds. The van der Waals surface area contributed by atoms with E-state index < -0.39 is 0 Å². The second-order valence-corrected chi connectivity index (χ2v) is 5.33. The van der Waals surface area contributed by atoms with Gasteiger partial charge in [-0.25, -0.2) is 0 Å². The average molecular weight is 244 g/mol. The molecule has 1 rings (SSSR count). The van der Waals surface area contributed by atoms with Gasteiger partial charge in [-0.15, -0.1) is 0 Å². The summed E-state index contributed by atoms with van der Waals surface area (Å²) in [4.78, 5) is 0. The van der Waals surface area contributed by atoms with Crippen LogP contribution >= 0.6 is 11.6 Å². The zero-order chi connectivity index (χ0) is 12.3. The summed E-state index contributed by atoms with van der Waals surface area (Å²) in [5, 5.41) is 4.96. The van der Waals surface area contributed by atoms with Crippen LogP contribution < -0.4 is 5.73 Å². The maximum Gasteiger partial charge on any atom is 0.0834 e. The van der Waals surface area contributed by atoms with Gasteiger partial charge < -0.3 is 5.73 Å². The van der Waals surface area contributed by atoms with Crippen molar-refractivity contribution in [2.24, 2.45) is 11.1 Å². The molecule has 4 heteroatoms. The summed E-state index contributed by atoms with van der Waals surface area (Å²) < 4.78 is 1.93. The lowest BCUT2D eigenvalue weighted by molar-refractivity contribution is 0.265. The van der Waals surface area contributed by atoms with Crippen LogP contribution in [-0.2, 0) is 6.54 Å². The van der Waals surface area contributed by atoms with E-state index in [1.165, 1.54) is 0 Å². The Kier molecular flexibility index (Phi) is 4.39. The van der Waals surface area contributed by atoms with Crippen molar-refractivity contribution in [1.29, 1.82) is 0 Å². The number of aryl methyl sites for hydroxylation is 1. The molecule has 0 bridgehead atoms. The number of hydrogen-bond donors (Lipinski definition) is 1. The van der Waals surface area contributed by atoms with E-state index in [2.05, 4.69) is 32.8 Å². The van der Waals surface area contributed by atoms with Crippen LogP contribution in [0, 0.1) is 5.41 Å².